The molecule has 0 fully saturated rings. The van der Waals surface area contributed by atoms with Gasteiger partial charge in [-0.1, -0.05) is 355 Å². The first-order chi connectivity index (χ1) is 52.7. The summed E-state index contributed by atoms with van der Waals surface area (Å²) in [6.45, 7) is 4.71. The van der Waals surface area contributed by atoms with Crippen molar-refractivity contribution < 1.29 is 80.2 Å². The van der Waals surface area contributed by atoms with Gasteiger partial charge in [0.2, 0.25) is 0 Å². The van der Waals surface area contributed by atoms with Crippen LogP contribution in [-0.4, -0.2) is 96.7 Å². The van der Waals surface area contributed by atoms with Crippen LogP contribution in [0.25, 0.3) is 0 Å². The summed E-state index contributed by atoms with van der Waals surface area (Å²) in [5, 5.41) is 10.7. The van der Waals surface area contributed by atoms with Gasteiger partial charge < -0.3 is 33.8 Å². The van der Waals surface area contributed by atoms with E-state index in [-0.39, 0.29) is 25.7 Å². The Hall–Kier alpha value is -4.54. The van der Waals surface area contributed by atoms with Crippen molar-refractivity contribution in [3.63, 3.8) is 0 Å². The molecule has 0 radical (unpaired) electrons. The van der Waals surface area contributed by atoms with E-state index in [0.717, 1.165) is 103 Å². The minimum absolute atomic E-state index is 0.0298. The van der Waals surface area contributed by atoms with Crippen LogP contribution in [0.4, 0.5) is 0 Å². The molecule has 17 nitrogen and oxygen atoms in total. The number of aliphatic hydroxyl groups is 1. The Morgan fingerprint density at radius 1 is 0.259 bits per heavy atom. The Labute approximate surface area is 657 Å². The van der Waals surface area contributed by atoms with E-state index in [4.69, 9.17) is 37.0 Å². The third kappa shape index (κ3) is 79.5. The van der Waals surface area contributed by atoms with Crippen molar-refractivity contribution in [2.45, 2.75) is 380 Å². The van der Waals surface area contributed by atoms with Gasteiger partial charge in [-0.25, -0.2) is 9.13 Å². The van der Waals surface area contributed by atoms with E-state index >= 15 is 0 Å². The first-order valence-electron chi connectivity index (χ1n) is 42.8. The summed E-state index contributed by atoms with van der Waals surface area (Å²) >= 11 is 0. The van der Waals surface area contributed by atoms with Crippen molar-refractivity contribution in [3.8, 4) is 0 Å². The molecule has 0 aromatic heterocycles. The van der Waals surface area contributed by atoms with Gasteiger partial charge in [-0.3, -0.25) is 37.3 Å². The van der Waals surface area contributed by atoms with Gasteiger partial charge >= 0.3 is 39.5 Å². The molecule has 19 heteroatoms. The number of aliphatic hydroxyl groups excluding tert-OH is 1. The number of unbranched alkanes of at least 4 members (excludes halogenated alkanes) is 34. The van der Waals surface area contributed by atoms with Crippen LogP contribution in [0.3, 0.4) is 0 Å². The number of ether oxygens (including phenoxy) is 4. The van der Waals surface area contributed by atoms with Crippen LogP contribution in [0.15, 0.2) is 122 Å². The lowest BCUT2D eigenvalue weighted by Crippen LogP contribution is -2.30. The SMILES string of the molecule is CCCCC/C=C\C/C=C\C/C=C\C/C=C\C/C=C\CCC(=O)O[C@H](COC(=O)CCCCCCCCCCCCCCCCC)COP(=O)(O)OCC(O)COP(=O)(O)OC[C@@H](COC(=O)CCCCCCCCCCCCCCCCC)OC(=O)CC/C=C\C/C=C\C/C=C\C/C=C\C/C=C\CCCCC. The minimum Gasteiger partial charge on any atom is -0.462 e. The molecule has 0 aliphatic carbocycles. The lowest BCUT2D eigenvalue weighted by Gasteiger charge is -2.21. The van der Waals surface area contributed by atoms with Gasteiger partial charge in [-0.05, 0) is 103 Å². The van der Waals surface area contributed by atoms with Crippen molar-refractivity contribution in [3.05, 3.63) is 122 Å². The summed E-state index contributed by atoms with van der Waals surface area (Å²) in [5.74, 6) is -2.35. The van der Waals surface area contributed by atoms with E-state index < -0.39 is 97.5 Å². The topological polar surface area (TPSA) is 237 Å². The largest absolute Gasteiger partial charge is 0.472 e. The zero-order chi connectivity index (χ0) is 78.9. The van der Waals surface area contributed by atoms with Gasteiger partial charge in [0.25, 0.3) is 0 Å². The lowest BCUT2D eigenvalue weighted by atomic mass is 10.0. The number of rotatable bonds is 80. The molecule has 0 spiro atoms. The van der Waals surface area contributed by atoms with Crippen LogP contribution in [-0.2, 0) is 65.4 Å². The molecule has 2 unspecified atom stereocenters. The fourth-order valence-corrected chi connectivity index (χ4v) is 13.0. The molecule has 622 valence electrons. The van der Waals surface area contributed by atoms with Crippen molar-refractivity contribution in [1.29, 1.82) is 0 Å². The number of hydrogen-bond donors (Lipinski definition) is 3. The van der Waals surface area contributed by atoms with Crippen LogP contribution in [0.5, 0.6) is 0 Å². The molecule has 0 saturated heterocycles. The normalized spacial score (nSPS) is 14.4. The van der Waals surface area contributed by atoms with E-state index in [1.807, 2.05) is 36.5 Å². The molecule has 0 aliphatic rings. The molecule has 0 bridgehead atoms. The third-order valence-corrected chi connectivity index (χ3v) is 19.9. The first kappa shape index (κ1) is 103. The summed E-state index contributed by atoms with van der Waals surface area (Å²) < 4.78 is 68.6. The molecule has 0 saturated carbocycles. The number of allylic oxidation sites excluding steroid dienone is 20. The zero-order valence-corrected chi connectivity index (χ0v) is 70.0. The number of carbonyl (C=O) groups excluding carboxylic acids is 4. The van der Waals surface area contributed by atoms with Crippen LogP contribution in [0.1, 0.15) is 362 Å². The number of phosphoric ester groups is 2. The van der Waals surface area contributed by atoms with E-state index in [0.29, 0.717) is 38.5 Å². The van der Waals surface area contributed by atoms with Crippen molar-refractivity contribution >= 4 is 39.5 Å². The standard InChI is InChI=1S/C89H154O17P2/c1-5-9-13-17-21-25-29-33-37-39-41-43-47-51-55-59-63-67-71-75-88(93)105-84(79-99-86(91)73-69-65-61-57-53-49-45-35-31-27-23-19-15-11-7-3)81-103-107(95,96)101-77-83(90)78-102-108(97,98)104-82-85(80-100-87(92)74-70-66-62-58-54-50-46-36-32-28-24-20-16-12-8-4)106-89(94)76-72-68-64-60-56-52-48-44-42-40-38-34-30-26-22-18-14-10-6-2/h21-22,25-26,33-34,37-38,41-44,51-52,55-56,63-64,67-68,83-85,90H,5-20,23-24,27-32,35-36,39-40,45-50,53-54,57-62,65-66,69-82H2,1-4H3,(H,95,96)(H,97,98)/b25-21-,26-22-,37-33-,38-34-,43-41-,44-42-,55-51-,56-52-,67-63-,68-64-/t84-,85-/m1/s1. The highest BCUT2D eigenvalue weighted by Crippen LogP contribution is 2.45. The van der Waals surface area contributed by atoms with E-state index in [1.165, 1.54) is 167 Å². The fraction of sp³-hybridized carbons (Fsp3) is 0.730. The summed E-state index contributed by atoms with van der Waals surface area (Å²) in [6, 6.07) is 0. The summed E-state index contributed by atoms with van der Waals surface area (Å²) in [4.78, 5) is 73.1. The Morgan fingerprint density at radius 2 is 0.472 bits per heavy atom. The number of carbonyl (C=O) groups is 4. The maximum atomic E-state index is 13.1. The molecule has 4 atom stereocenters. The van der Waals surface area contributed by atoms with Crippen molar-refractivity contribution in [2.24, 2.45) is 0 Å². The third-order valence-electron chi connectivity index (χ3n) is 18.0. The maximum Gasteiger partial charge on any atom is 0.472 e. The quantitative estimate of drug-likeness (QED) is 0.0169. The second-order valence-electron chi connectivity index (χ2n) is 28.4. The average molecular weight is 1560 g/mol. The second kappa shape index (κ2) is 80.5. The highest BCUT2D eigenvalue weighted by molar-refractivity contribution is 7.47. The molecule has 0 aliphatic heterocycles. The van der Waals surface area contributed by atoms with Crippen molar-refractivity contribution in [1.82, 2.24) is 0 Å². The predicted octanol–water partition coefficient (Wildman–Crippen LogP) is 25.5. The Bertz CT molecular complexity index is 2350. The molecule has 0 heterocycles. The predicted molar refractivity (Wildman–Crippen MR) is 445 cm³/mol. The Kier molecular flexibility index (Phi) is 77.1. The van der Waals surface area contributed by atoms with Gasteiger partial charge in [-0.2, -0.15) is 0 Å². The molecule has 0 rings (SSSR count). The van der Waals surface area contributed by atoms with Gasteiger partial charge in [0.1, 0.15) is 19.3 Å². The Balaban J connectivity index is 5.49. The molecular weight excluding hydrogens is 1400 g/mol. The van der Waals surface area contributed by atoms with Crippen LogP contribution < -0.4 is 0 Å². The van der Waals surface area contributed by atoms with Gasteiger partial charge in [-0.15, -0.1) is 0 Å². The molecule has 3 N–H and O–H groups in total. The second-order valence-corrected chi connectivity index (χ2v) is 31.3. The monoisotopic (exact) mass is 1560 g/mol. The molecular formula is C89H154O17P2. The number of hydrogen-bond acceptors (Lipinski definition) is 15. The smallest absolute Gasteiger partial charge is 0.462 e. The molecule has 0 aromatic rings. The van der Waals surface area contributed by atoms with E-state index in [9.17, 15) is 43.2 Å². The van der Waals surface area contributed by atoms with Gasteiger partial charge in [0, 0.05) is 25.7 Å². The lowest BCUT2D eigenvalue weighted by molar-refractivity contribution is -0.161. The Morgan fingerprint density at radius 3 is 0.731 bits per heavy atom. The maximum absolute atomic E-state index is 13.1. The van der Waals surface area contributed by atoms with Crippen LogP contribution in [0, 0.1) is 0 Å². The first-order valence-corrected chi connectivity index (χ1v) is 45.8. The molecule has 0 aromatic carbocycles. The minimum atomic E-state index is -5.01. The zero-order valence-electron chi connectivity index (χ0n) is 68.2. The average Bonchev–Trinajstić information content (AvgIpc) is 0.907. The number of esters is 4. The van der Waals surface area contributed by atoms with Crippen molar-refractivity contribution in [2.75, 3.05) is 39.6 Å². The van der Waals surface area contributed by atoms with Gasteiger partial charge in [0.15, 0.2) is 12.2 Å². The van der Waals surface area contributed by atoms with E-state index in [2.05, 4.69) is 113 Å². The highest BCUT2D eigenvalue weighted by Gasteiger charge is 2.30. The van der Waals surface area contributed by atoms with Crippen LogP contribution >= 0.6 is 15.6 Å². The summed E-state index contributed by atoms with van der Waals surface area (Å²) in [7, 11) is -10.0. The van der Waals surface area contributed by atoms with Crippen LogP contribution in [0.2, 0.25) is 0 Å². The molecule has 108 heavy (non-hydrogen) atoms. The number of phosphoric acid groups is 2. The molecule has 0 amide bonds. The highest BCUT2D eigenvalue weighted by atomic mass is 31.2. The summed E-state index contributed by atoms with van der Waals surface area (Å²) in [6.07, 6.45) is 90.5. The fourth-order valence-electron chi connectivity index (χ4n) is 11.4. The van der Waals surface area contributed by atoms with Gasteiger partial charge in [0.05, 0.1) is 26.4 Å². The van der Waals surface area contributed by atoms with E-state index in [1.54, 1.807) is 0 Å². The summed E-state index contributed by atoms with van der Waals surface area (Å²) in [5.41, 5.74) is 0.